The number of hydrogen-bond donors (Lipinski definition) is 0. The summed E-state index contributed by atoms with van der Waals surface area (Å²) in [6, 6.07) is -0.0121. The molecule has 1 saturated heterocycles. The minimum Gasteiger partial charge on any atom is -0.335 e. The number of nitrogens with zero attached hydrogens (tertiary/aromatic N) is 3. The van der Waals surface area contributed by atoms with Crippen LogP contribution in [0, 0.1) is 13.8 Å². The van der Waals surface area contributed by atoms with Crippen LogP contribution in [-0.2, 0) is 0 Å². The van der Waals surface area contributed by atoms with Gasteiger partial charge in [0.05, 0.1) is 11.1 Å². The average Bonchev–Trinajstić information content (AvgIpc) is 3.17. The lowest BCUT2D eigenvalue weighted by Crippen LogP contribution is -2.55. The molecule has 0 aliphatic carbocycles. The number of hydrogen-bond acceptors (Lipinski definition) is 5. The van der Waals surface area contributed by atoms with Gasteiger partial charge in [-0.2, -0.15) is 0 Å². The van der Waals surface area contributed by atoms with E-state index in [1.807, 2.05) is 36.0 Å². The molecular weight excluding hydrogens is 330 g/mol. The van der Waals surface area contributed by atoms with Crippen molar-refractivity contribution in [2.75, 3.05) is 19.6 Å². The molecule has 3 rings (SSSR count). The molecule has 0 saturated carbocycles. The summed E-state index contributed by atoms with van der Waals surface area (Å²) >= 11 is 3.03. The molecular formula is C16H19N3O2S2. The quantitative estimate of drug-likeness (QED) is 0.838. The molecule has 2 amide bonds. The summed E-state index contributed by atoms with van der Waals surface area (Å²) in [4.78, 5) is 34.1. The Balaban J connectivity index is 1.70. The molecule has 0 radical (unpaired) electrons. The smallest absolute Gasteiger partial charge is 0.273 e. The highest BCUT2D eigenvalue weighted by Gasteiger charge is 2.32. The summed E-state index contributed by atoms with van der Waals surface area (Å²) in [5.41, 5.74) is 4.01. The third-order valence-electron chi connectivity index (χ3n) is 4.34. The lowest BCUT2D eigenvalue weighted by Gasteiger charge is -2.39. The predicted molar refractivity (Wildman–Crippen MR) is 92.3 cm³/mol. The fraction of sp³-hybridized carbons (Fsp3) is 0.438. The van der Waals surface area contributed by atoms with E-state index in [-0.39, 0.29) is 17.9 Å². The van der Waals surface area contributed by atoms with Crippen molar-refractivity contribution in [2.45, 2.75) is 26.8 Å². The van der Waals surface area contributed by atoms with Crippen LogP contribution in [0.25, 0.3) is 0 Å². The van der Waals surface area contributed by atoms with Crippen LogP contribution < -0.4 is 0 Å². The van der Waals surface area contributed by atoms with Gasteiger partial charge in [-0.25, -0.2) is 4.98 Å². The lowest BCUT2D eigenvalue weighted by molar-refractivity contribution is 0.0411. The zero-order valence-electron chi connectivity index (χ0n) is 13.4. The van der Waals surface area contributed by atoms with E-state index in [0.717, 1.165) is 11.1 Å². The molecule has 23 heavy (non-hydrogen) atoms. The maximum Gasteiger partial charge on any atom is 0.273 e. The number of aromatic nitrogens is 1. The Labute approximate surface area is 143 Å². The van der Waals surface area contributed by atoms with Gasteiger partial charge in [0, 0.05) is 41.3 Å². The maximum atomic E-state index is 12.7. The van der Waals surface area contributed by atoms with E-state index in [2.05, 4.69) is 4.98 Å². The van der Waals surface area contributed by atoms with Crippen molar-refractivity contribution in [3.63, 3.8) is 0 Å². The van der Waals surface area contributed by atoms with Crippen LogP contribution in [0.5, 0.6) is 0 Å². The summed E-state index contributed by atoms with van der Waals surface area (Å²) in [6.45, 7) is 7.67. The highest BCUT2D eigenvalue weighted by Crippen LogP contribution is 2.23. The molecule has 1 atom stereocenters. The first kappa shape index (κ1) is 16.1. The minimum absolute atomic E-state index is 0.0121. The topological polar surface area (TPSA) is 53.5 Å². The first-order valence-corrected chi connectivity index (χ1v) is 9.34. The third kappa shape index (κ3) is 3.03. The van der Waals surface area contributed by atoms with E-state index in [0.29, 0.717) is 25.3 Å². The molecule has 0 N–H and O–H groups in total. The maximum absolute atomic E-state index is 12.7. The van der Waals surface area contributed by atoms with Gasteiger partial charge in [-0.3, -0.25) is 9.59 Å². The van der Waals surface area contributed by atoms with E-state index < -0.39 is 0 Å². The Morgan fingerprint density at radius 1 is 1.22 bits per heavy atom. The van der Waals surface area contributed by atoms with Crippen LogP contribution in [0.3, 0.4) is 0 Å². The summed E-state index contributed by atoms with van der Waals surface area (Å²) in [6.07, 6.45) is 0. The largest absolute Gasteiger partial charge is 0.335 e. The number of amides is 2. The van der Waals surface area contributed by atoms with Gasteiger partial charge in [0.2, 0.25) is 0 Å². The number of piperazine rings is 1. The molecule has 7 heteroatoms. The van der Waals surface area contributed by atoms with Gasteiger partial charge in [-0.05, 0) is 26.3 Å². The van der Waals surface area contributed by atoms with E-state index >= 15 is 0 Å². The zero-order chi connectivity index (χ0) is 16.6. The van der Waals surface area contributed by atoms with Gasteiger partial charge < -0.3 is 9.80 Å². The summed E-state index contributed by atoms with van der Waals surface area (Å²) < 4.78 is 0. The lowest BCUT2D eigenvalue weighted by atomic mass is 10.1. The van der Waals surface area contributed by atoms with Crippen molar-refractivity contribution in [2.24, 2.45) is 0 Å². The first-order chi connectivity index (χ1) is 11.0. The van der Waals surface area contributed by atoms with Crippen LogP contribution >= 0.6 is 22.7 Å². The normalized spacial score (nSPS) is 18.3. The van der Waals surface area contributed by atoms with Gasteiger partial charge in [0.15, 0.2) is 0 Å². The van der Waals surface area contributed by atoms with Crippen LogP contribution in [0.4, 0.5) is 0 Å². The Kier molecular flexibility index (Phi) is 4.50. The van der Waals surface area contributed by atoms with Gasteiger partial charge >= 0.3 is 0 Å². The van der Waals surface area contributed by atoms with Gasteiger partial charge in [0.1, 0.15) is 5.69 Å². The van der Waals surface area contributed by atoms with Crippen LogP contribution in [-0.4, -0.2) is 52.3 Å². The Bertz CT molecular complexity index is 724. The SMILES string of the molecule is Cc1scc(C(=O)N2CCN(C(=O)c3cscn3)[C@@H](C)C2)c1C. The molecule has 2 aromatic heterocycles. The minimum atomic E-state index is -0.0478. The Morgan fingerprint density at radius 3 is 2.57 bits per heavy atom. The highest BCUT2D eigenvalue weighted by atomic mass is 32.1. The Hall–Kier alpha value is -1.73. The highest BCUT2D eigenvalue weighted by molar-refractivity contribution is 7.10. The van der Waals surface area contributed by atoms with Crippen molar-refractivity contribution in [3.05, 3.63) is 38.0 Å². The molecule has 1 aliphatic rings. The van der Waals surface area contributed by atoms with Crippen molar-refractivity contribution in [1.29, 1.82) is 0 Å². The average molecular weight is 349 g/mol. The molecule has 0 unspecified atom stereocenters. The number of thiophene rings is 1. The molecule has 0 aromatic carbocycles. The second-order valence-corrected chi connectivity index (χ2v) is 7.61. The Morgan fingerprint density at radius 2 is 2.00 bits per heavy atom. The van der Waals surface area contributed by atoms with Crippen LogP contribution in [0.15, 0.2) is 16.3 Å². The number of aryl methyl sites for hydroxylation is 1. The molecule has 3 heterocycles. The molecule has 5 nitrogen and oxygen atoms in total. The zero-order valence-corrected chi connectivity index (χ0v) is 15.0. The third-order valence-corrected chi connectivity index (χ3v) is 5.94. The number of carbonyl (C=O) groups is 2. The monoisotopic (exact) mass is 349 g/mol. The van der Waals surface area contributed by atoms with Crippen molar-refractivity contribution in [1.82, 2.24) is 14.8 Å². The van der Waals surface area contributed by atoms with Gasteiger partial charge in [-0.1, -0.05) is 0 Å². The second-order valence-electron chi connectivity index (χ2n) is 5.80. The van der Waals surface area contributed by atoms with E-state index in [9.17, 15) is 9.59 Å². The number of carbonyl (C=O) groups excluding carboxylic acids is 2. The second kappa shape index (κ2) is 6.41. The molecule has 1 aliphatic heterocycles. The van der Waals surface area contributed by atoms with E-state index in [1.165, 1.54) is 16.2 Å². The predicted octanol–water partition coefficient (Wildman–Crippen LogP) is 2.81. The molecule has 122 valence electrons. The molecule has 0 spiro atoms. The number of thiazole rings is 1. The fourth-order valence-electron chi connectivity index (χ4n) is 2.80. The molecule has 1 fully saturated rings. The summed E-state index contributed by atoms with van der Waals surface area (Å²) in [5, 5.41) is 3.70. The van der Waals surface area contributed by atoms with Crippen LogP contribution in [0.1, 0.15) is 38.2 Å². The molecule has 0 bridgehead atoms. The number of rotatable bonds is 2. The van der Waals surface area contributed by atoms with Crippen LogP contribution in [0.2, 0.25) is 0 Å². The van der Waals surface area contributed by atoms with Crippen molar-refractivity contribution in [3.8, 4) is 0 Å². The summed E-state index contributed by atoms with van der Waals surface area (Å²) in [5.74, 6) is 0.0212. The van der Waals surface area contributed by atoms with Gasteiger partial charge in [-0.15, -0.1) is 22.7 Å². The van der Waals surface area contributed by atoms with Crippen molar-refractivity contribution >= 4 is 34.5 Å². The van der Waals surface area contributed by atoms with Crippen molar-refractivity contribution < 1.29 is 9.59 Å². The molecule has 2 aromatic rings. The summed E-state index contributed by atoms with van der Waals surface area (Å²) in [7, 11) is 0. The van der Waals surface area contributed by atoms with E-state index in [1.54, 1.807) is 22.2 Å². The fourth-order valence-corrected chi connectivity index (χ4v) is 4.19. The standard InChI is InChI=1S/C16H19N3O2S2/c1-10-6-18(15(20)13-7-23-12(3)11(13)2)4-5-19(10)16(21)14-8-22-9-17-14/h7-10H,4-6H2,1-3H3/t10-/m0/s1. The first-order valence-electron chi connectivity index (χ1n) is 7.52. The van der Waals surface area contributed by atoms with Gasteiger partial charge in [0.25, 0.3) is 11.8 Å². The van der Waals surface area contributed by atoms with E-state index in [4.69, 9.17) is 0 Å².